The monoisotopic (exact) mass is 360 g/mol. The van der Waals surface area contributed by atoms with Gasteiger partial charge >= 0.3 is 0 Å². The first kappa shape index (κ1) is 16.4. The summed E-state index contributed by atoms with van der Waals surface area (Å²) in [6, 6.07) is 2.59. The molecule has 1 fully saturated rings. The van der Waals surface area contributed by atoms with Crippen molar-refractivity contribution in [2.24, 2.45) is 0 Å². The van der Waals surface area contributed by atoms with Gasteiger partial charge in [-0.05, 0) is 54.2 Å². The van der Waals surface area contributed by atoms with Gasteiger partial charge in [0.05, 0.1) is 13.2 Å². The average Bonchev–Trinajstić information content (AvgIpc) is 2.90. The standard InChI is InChI=1S/C15H25BrN2OS/c1-4-15(2,18-6-8-19-9-7-18)14(17-3)11-13-12(16)5-10-20-13/h5,10,14,17H,4,6-9,11H2,1-3H3. The highest BCUT2D eigenvalue weighted by molar-refractivity contribution is 9.10. The maximum Gasteiger partial charge on any atom is 0.0594 e. The Hall–Kier alpha value is 0.0600. The summed E-state index contributed by atoms with van der Waals surface area (Å²) in [5, 5.41) is 5.72. The predicted molar refractivity (Wildman–Crippen MR) is 89.7 cm³/mol. The summed E-state index contributed by atoms with van der Waals surface area (Å²) in [6.07, 6.45) is 2.21. The zero-order valence-electron chi connectivity index (χ0n) is 12.6. The van der Waals surface area contributed by atoms with Crippen LogP contribution in [0.5, 0.6) is 0 Å². The molecule has 1 N–H and O–H groups in total. The summed E-state index contributed by atoms with van der Waals surface area (Å²) >= 11 is 5.49. The van der Waals surface area contributed by atoms with Gasteiger partial charge in [0.15, 0.2) is 0 Å². The molecule has 0 aliphatic carbocycles. The van der Waals surface area contributed by atoms with Crippen LogP contribution in [0, 0.1) is 0 Å². The number of morpholine rings is 1. The van der Waals surface area contributed by atoms with Crippen molar-refractivity contribution in [2.45, 2.75) is 38.3 Å². The lowest BCUT2D eigenvalue weighted by molar-refractivity contribution is -0.0312. The largest absolute Gasteiger partial charge is 0.379 e. The number of hydrogen-bond donors (Lipinski definition) is 1. The Morgan fingerprint density at radius 3 is 2.70 bits per heavy atom. The van der Waals surface area contributed by atoms with Crippen molar-refractivity contribution in [3.8, 4) is 0 Å². The van der Waals surface area contributed by atoms with Gasteiger partial charge in [0.2, 0.25) is 0 Å². The number of nitrogens with one attached hydrogen (secondary N) is 1. The van der Waals surface area contributed by atoms with Crippen LogP contribution < -0.4 is 5.32 Å². The van der Waals surface area contributed by atoms with Crippen LogP contribution in [-0.2, 0) is 11.2 Å². The molecule has 0 spiro atoms. The highest BCUT2D eigenvalue weighted by atomic mass is 79.9. The molecule has 0 bridgehead atoms. The van der Waals surface area contributed by atoms with E-state index in [4.69, 9.17) is 4.74 Å². The van der Waals surface area contributed by atoms with E-state index < -0.39 is 0 Å². The first-order chi connectivity index (χ1) is 9.61. The van der Waals surface area contributed by atoms with Crippen LogP contribution >= 0.6 is 27.3 Å². The molecule has 2 atom stereocenters. The van der Waals surface area contributed by atoms with Crippen LogP contribution in [0.3, 0.4) is 0 Å². The molecule has 3 nitrogen and oxygen atoms in total. The molecule has 20 heavy (non-hydrogen) atoms. The molecule has 0 amide bonds. The highest BCUT2D eigenvalue weighted by Crippen LogP contribution is 2.31. The second-order valence-corrected chi connectivity index (χ2v) is 7.40. The summed E-state index contributed by atoms with van der Waals surface area (Å²) < 4.78 is 6.75. The Morgan fingerprint density at radius 2 is 2.20 bits per heavy atom. The lowest BCUT2D eigenvalue weighted by Gasteiger charge is -2.47. The van der Waals surface area contributed by atoms with Crippen molar-refractivity contribution in [3.63, 3.8) is 0 Å². The summed E-state index contributed by atoms with van der Waals surface area (Å²) in [6.45, 7) is 8.47. The van der Waals surface area contributed by atoms with E-state index in [0.29, 0.717) is 6.04 Å². The molecule has 0 aromatic carbocycles. The molecular weight excluding hydrogens is 336 g/mol. The Kier molecular flexibility index (Phi) is 6.05. The van der Waals surface area contributed by atoms with Crippen molar-refractivity contribution in [3.05, 3.63) is 20.8 Å². The van der Waals surface area contributed by atoms with Gasteiger partial charge in [0.25, 0.3) is 0 Å². The van der Waals surface area contributed by atoms with E-state index in [1.807, 2.05) is 11.3 Å². The normalized spacial score (nSPS) is 21.6. The Bertz CT molecular complexity index is 420. The van der Waals surface area contributed by atoms with E-state index in [1.165, 1.54) is 9.35 Å². The molecule has 1 saturated heterocycles. The van der Waals surface area contributed by atoms with Crippen LogP contribution in [0.15, 0.2) is 15.9 Å². The van der Waals surface area contributed by atoms with Crippen molar-refractivity contribution in [2.75, 3.05) is 33.4 Å². The third-order valence-corrected chi connectivity index (χ3v) is 6.58. The molecule has 2 heterocycles. The van der Waals surface area contributed by atoms with Crippen molar-refractivity contribution < 1.29 is 4.74 Å². The third kappa shape index (κ3) is 3.45. The Labute approximate surface area is 134 Å². The van der Waals surface area contributed by atoms with E-state index in [1.54, 1.807) is 0 Å². The average molecular weight is 361 g/mol. The molecule has 0 radical (unpaired) electrons. The first-order valence-corrected chi connectivity index (χ1v) is 9.01. The van der Waals surface area contributed by atoms with Gasteiger partial charge in [-0.3, -0.25) is 4.90 Å². The number of rotatable bonds is 6. The molecule has 0 saturated carbocycles. The molecule has 1 aromatic rings. The van der Waals surface area contributed by atoms with Gasteiger partial charge in [-0.2, -0.15) is 0 Å². The van der Waals surface area contributed by atoms with Crippen LogP contribution in [0.4, 0.5) is 0 Å². The number of likely N-dealkylation sites (N-methyl/N-ethyl adjacent to an activating group) is 1. The number of halogens is 1. The fraction of sp³-hybridized carbons (Fsp3) is 0.733. The Morgan fingerprint density at radius 1 is 1.50 bits per heavy atom. The lowest BCUT2D eigenvalue weighted by atomic mass is 9.84. The van der Waals surface area contributed by atoms with E-state index in [0.717, 1.165) is 39.1 Å². The summed E-state index contributed by atoms with van der Waals surface area (Å²) in [5.74, 6) is 0. The van der Waals surface area contributed by atoms with Gasteiger partial charge in [-0.15, -0.1) is 11.3 Å². The van der Waals surface area contributed by atoms with Crippen LogP contribution in [0.25, 0.3) is 0 Å². The minimum Gasteiger partial charge on any atom is -0.379 e. The predicted octanol–water partition coefficient (Wildman–Crippen LogP) is 3.14. The van der Waals surface area contributed by atoms with E-state index in [9.17, 15) is 0 Å². The highest BCUT2D eigenvalue weighted by Gasteiger charge is 2.38. The molecule has 1 aliphatic heterocycles. The maximum atomic E-state index is 5.51. The van der Waals surface area contributed by atoms with Crippen LogP contribution in [0.2, 0.25) is 0 Å². The van der Waals surface area contributed by atoms with E-state index in [-0.39, 0.29) is 5.54 Å². The second kappa shape index (κ2) is 7.36. The van der Waals surface area contributed by atoms with Crippen molar-refractivity contribution >= 4 is 27.3 Å². The second-order valence-electron chi connectivity index (χ2n) is 5.55. The maximum absolute atomic E-state index is 5.51. The molecule has 2 unspecified atom stereocenters. The van der Waals surface area contributed by atoms with E-state index >= 15 is 0 Å². The van der Waals surface area contributed by atoms with Gasteiger partial charge in [0, 0.05) is 34.0 Å². The van der Waals surface area contributed by atoms with Crippen molar-refractivity contribution in [1.29, 1.82) is 0 Å². The summed E-state index contributed by atoms with van der Waals surface area (Å²) in [5.41, 5.74) is 0.169. The third-order valence-electron chi connectivity index (χ3n) is 4.63. The Balaban J connectivity index is 2.15. The molecule has 1 aliphatic rings. The number of thiophene rings is 1. The zero-order valence-corrected chi connectivity index (χ0v) is 15.0. The number of nitrogens with zero attached hydrogens (tertiary/aromatic N) is 1. The van der Waals surface area contributed by atoms with Crippen LogP contribution in [-0.4, -0.2) is 49.8 Å². The minimum atomic E-state index is 0.169. The van der Waals surface area contributed by atoms with Gasteiger partial charge in [-0.25, -0.2) is 0 Å². The summed E-state index contributed by atoms with van der Waals surface area (Å²) in [7, 11) is 2.08. The first-order valence-electron chi connectivity index (χ1n) is 7.33. The molecular formula is C15H25BrN2OS. The lowest BCUT2D eigenvalue weighted by Crippen LogP contribution is -2.61. The summed E-state index contributed by atoms with van der Waals surface area (Å²) in [4.78, 5) is 4.02. The molecule has 114 valence electrons. The smallest absolute Gasteiger partial charge is 0.0594 e. The minimum absolute atomic E-state index is 0.169. The SMILES string of the molecule is CCC(C)(C(Cc1sccc1Br)NC)N1CCOCC1. The van der Waals surface area contributed by atoms with Crippen LogP contribution in [0.1, 0.15) is 25.1 Å². The molecule has 5 heteroatoms. The molecule has 1 aromatic heterocycles. The topological polar surface area (TPSA) is 24.5 Å². The fourth-order valence-corrected chi connectivity index (χ4v) is 4.61. The molecule has 2 rings (SSSR count). The van der Waals surface area contributed by atoms with Crippen molar-refractivity contribution in [1.82, 2.24) is 10.2 Å². The van der Waals surface area contributed by atoms with E-state index in [2.05, 4.69) is 58.5 Å². The fourth-order valence-electron chi connectivity index (χ4n) is 3.05. The van der Waals surface area contributed by atoms with Gasteiger partial charge < -0.3 is 10.1 Å². The zero-order chi connectivity index (χ0) is 14.6. The number of ether oxygens (including phenoxy) is 1. The van der Waals surface area contributed by atoms with Gasteiger partial charge in [-0.1, -0.05) is 6.92 Å². The van der Waals surface area contributed by atoms with Gasteiger partial charge in [0.1, 0.15) is 0 Å². The quantitative estimate of drug-likeness (QED) is 0.843. The number of hydrogen-bond acceptors (Lipinski definition) is 4.